The third kappa shape index (κ3) is 3.67. The average molecular weight is 277 g/mol. The van der Waals surface area contributed by atoms with Crippen molar-refractivity contribution in [3.05, 3.63) is 34.9 Å². The number of carbonyl (C=O) groups is 1. The molecule has 19 heavy (non-hydrogen) atoms. The van der Waals surface area contributed by atoms with Crippen LogP contribution in [0.5, 0.6) is 0 Å². The largest absolute Gasteiger partial charge is 0.359 e. The van der Waals surface area contributed by atoms with Gasteiger partial charge in [0.2, 0.25) is 0 Å². The van der Waals surface area contributed by atoms with Crippen LogP contribution in [0.15, 0.2) is 18.2 Å². The molecule has 1 aromatic carbocycles. The highest BCUT2D eigenvalue weighted by atomic mass is 32.1. The van der Waals surface area contributed by atoms with Crippen molar-refractivity contribution >= 4 is 23.2 Å². The minimum atomic E-state index is -0.164. The van der Waals surface area contributed by atoms with Crippen molar-refractivity contribution in [2.45, 2.75) is 39.2 Å². The van der Waals surface area contributed by atoms with Crippen LogP contribution in [0.3, 0.4) is 0 Å². The first kappa shape index (κ1) is 13.8. The van der Waals surface area contributed by atoms with Crippen LogP contribution >= 0.6 is 12.2 Å². The molecule has 0 radical (unpaired) electrons. The van der Waals surface area contributed by atoms with Gasteiger partial charge in [0.05, 0.1) is 0 Å². The second-order valence-corrected chi connectivity index (χ2v) is 5.45. The van der Waals surface area contributed by atoms with Gasteiger partial charge in [-0.25, -0.2) is 0 Å². The molecule has 0 saturated heterocycles. The van der Waals surface area contributed by atoms with E-state index in [-0.39, 0.29) is 11.9 Å². The fraction of sp³-hybridized carbons (Fsp3) is 0.429. The molecule has 0 heterocycles. The zero-order chi connectivity index (χ0) is 13.8. The molecule has 4 nitrogen and oxygen atoms in total. The van der Waals surface area contributed by atoms with Gasteiger partial charge in [0.1, 0.15) is 0 Å². The van der Waals surface area contributed by atoms with E-state index in [1.807, 2.05) is 32.0 Å². The quantitative estimate of drug-likeness (QED) is 0.569. The number of rotatable bonds is 2. The lowest BCUT2D eigenvalue weighted by Crippen LogP contribution is -2.48. The number of thiocarbonyl (C=S) groups is 1. The van der Waals surface area contributed by atoms with E-state index in [1.54, 1.807) is 0 Å². The number of hydrogen-bond acceptors (Lipinski definition) is 2. The molecule has 1 aliphatic rings. The van der Waals surface area contributed by atoms with E-state index in [1.165, 1.54) is 17.5 Å². The maximum Gasteiger partial charge on any atom is 0.269 e. The van der Waals surface area contributed by atoms with Gasteiger partial charge in [-0.05, 0) is 68.6 Å². The summed E-state index contributed by atoms with van der Waals surface area (Å²) >= 11 is 5.04. The zero-order valence-corrected chi connectivity index (χ0v) is 12.1. The maximum absolute atomic E-state index is 12.0. The minimum absolute atomic E-state index is 0.164. The molecule has 3 N–H and O–H groups in total. The van der Waals surface area contributed by atoms with Crippen molar-refractivity contribution < 1.29 is 4.79 Å². The minimum Gasteiger partial charge on any atom is -0.359 e. The van der Waals surface area contributed by atoms with Crippen LogP contribution in [-0.4, -0.2) is 17.1 Å². The molecule has 0 bridgehead atoms. The number of benzene rings is 1. The van der Waals surface area contributed by atoms with E-state index in [2.05, 4.69) is 16.2 Å². The third-order valence-corrected chi connectivity index (χ3v) is 3.29. The Kier molecular flexibility index (Phi) is 4.37. The van der Waals surface area contributed by atoms with E-state index in [9.17, 15) is 4.79 Å². The van der Waals surface area contributed by atoms with Crippen molar-refractivity contribution in [2.24, 2.45) is 0 Å². The highest BCUT2D eigenvalue weighted by Crippen LogP contribution is 2.22. The zero-order valence-electron chi connectivity index (χ0n) is 11.2. The van der Waals surface area contributed by atoms with E-state index in [0.29, 0.717) is 10.7 Å². The summed E-state index contributed by atoms with van der Waals surface area (Å²) in [5.41, 5.74) is 8.62. The van der Waals surface area contributed by atoms with Gasteiger partial charge in [-0.3, -0.25) is 15.6 Å². The van der Waals surface area contributed by atoms with Crippen molar-refractivity contribution in [2.75, 3.05) is 0 Å². The van der Waals surface area contributed by atoms with Gasteiger partial charge in [-0.1, -0.05) is 6.07 Å². The Hall–Kier alpha value is -1.62. The van der Waals surface area contributed by atoms with Gasteiger partial charge in [-0.2, -0.15) is 0 Å². The Morgan fingerprint density at radius 3 is 2.68 bits per heavy atom. The number of fused-ring (bicyclic) bond motifs is 1. The molecule has 2 rings (SSSR count). The summed E-state index contributed by atoms with van der Waals surface area (Å²) in [7, 11) is 0. The van der Waals surface area contributed by atoms with Crippen molar-refractivity contribution in [3.63, 3.8) is 0 Å². The van der Waals surface area contributed by atoms with Crippen LogP contribution in [0.25, 0.3) is 0 Å². The summed E-state index contributed by atoms with van der Waals surface area (Å²) in [5, 5.41) is 3.42. The third-order valence-electron chi connectivity index (χ3n) is 3.07. The lowest BCUT2D eigenvalue weighted by Gasteiger charge is -2.14. The molecule has 1 amide bonds. The molecule has 0 saturated carbocycles. The Morgan fingerprint density at radius 1 is 1.21 bits per heavy atom. The summed E-state index contributed by atoms with van der Waals surface area (Å²) < 4.78 is 0. The van der Waals surface area contributed by atoms with Crippen molar-refractivity contribution in [1.29, 1.82) is 0 Å². The molecular weight excluding hydrogens is 258 g/mol. The highest BCUT2D eigenvalue weighted by molar-refractivity contribution is 7.80. The molecule has 0 spiro atoms. The summed E-state index contributed by atoms with van der Waals surface area (Å²) in [6.45, 7) is 3.96. The van der Waals surface area contributed by atoms with Gasteiger partial charge in [-0.15, -0.1) is 0 Å². The molecule has 102 valence electrons. The number of hydrogen-bond donors (Lipinski definition) is 3. The van der Waals surface area contributed by atoms with Crippen LogP contribution in [0.1, 0.15) is 41.8 Å². The molecule has 0 fully saturated rings. The van der Waals surface area contributed by atoms with E-state index >= 15 is 0 Å². The second kappa shape index (κ2) is 6.02. The normalized spacial score (nSPS) is 13.0. The number of carbonyl (C=O) groups excluding carboxylic acids is 1. The SMILES string of the molecule is CC(C)NC(=S)NNC(=O)c1ccc2c(c1)CCC2. The smallest absolute Gasteiger partial charge is 0.269 e. The molecule has 0 aliphatic heterocycles. The molecule has 1 aromatic rings. The van der Waals surface area contributed by atoms with Crippen LogP contribution in [0.4, 0.5) is 0 Å². The molecule has 5 heteroatoms. The van der Waals surface area contributed by atoms with Crippen LogP contribution in [0, 0.1) is 0 Å². The average Bonchev–Trinajstić information content (AvgIpc) is 2.82. The summed E-state index contributed by atoms with van der Waals surface area (Å²) in [4.78, 5) is 12.0. The van der Waals surface area contributed by atoms with Crippen molar-refractivity contribution in [1.82, 2.24) is 16.2 Å². The number of hydrazine groups is 1. The first-order valence-corrected chi connectivity index (χ1v) is 6.96. The van der Waals surface area contributed by atoms with Crippen LogP contribution < -0.4 is 16.2 Å². The maximum atomic E-state index is 12.0. The molecule has 0 unspecified atom stereocenters. The van der Waals surface area contributed by atoms with Crippen molar-refractivity contribution in [3.8, 4) is 0 Å². The Balaban J connectivity index is 1.91. The molecule has 1 aliphatic carbocycles. The van der Waals surface area contributed by atoms with Gasteiger partial charge in [0, 0.05) is 11.6 Å². The Labute approximate surface area is 118 Å². The lowest BCUT2D eigenvalue weighted by molar-refractivity contribution is 0.0943. The summed E-state index contributed by atoms with van der Waals surface area (Å²) in [6.07, 6.45) is 3.37. The summed E-state index contributed by atoms with van der Waals surface area (Å²) in [5.74, 6) is -0.164. The second-order valence-electron chi connectivity index (χ2n) is 5.04. The van der Waals surface area contributed by atoms with Gasteiger partial charge in [0.15, 0.2) is 5.11 Å². The number of nitrogens with one attached hydrogen (secondary N) is 3. The van der Waals surface area contributed by atoms with Gasteiger partial charge < -0.3 is 5.32 Å². The number of amides is 1. The topological polar surface area (TPSA) is 53.2 Å². The molecular formula is C14H19N3OS. The fourth-order valence-electron chi connectivity index (χ4n) is 2.20. The predicted molar refractivity (Wildman–Crippen MR) is 79.9 cm³/mol. The first-order valence-electron chi connectivity index (χ1n) is 6.55. The van der Waals surface area contributed by atoms with E-state index in [0.717, 1.165) is 12.8 Å². The Bertz CT molecular complexity index is 499. The van der Waals surface area contributed by atoms with E-state index < -0.39 is 0 Å². The standard InChI is InChI=1S/C14H19N3OS/c1-9(2)15-14(19)17-16-13(18)12-7-6-10-4-3-5-11(10)8-12/h6-9H,3-5H2,1-2H3,(H,16,18)(H2,15,17,19). The number of aryl methyl sites for hydroxylation is 2. The molecule has 0 aromatic heterocycles. The first-order chi connectivity index (χ1) is 9.06. The monoisotopic (exact) mass is 277 g/mol. The Morgan fingerprint density at radius 2 is 1.95 bits per heavy atom. The fourth-order valence-corrected chi connectivity index (χ4v) is 2.48. The lowest BCUT2D eigenvalue weighted by atomic mass is 10.1. The van der Waals surface area contributed by atoms with E-state index in [4.69, 9.17) is 12.2 Å². The summed E-state index contributed by atoms with van der Waals surface area (Å²) in [6, 6.07) is 6.11. The molecule has 0 atom stereocenters. The van der Waals surface area contributed by atoms with Gasteiger partial charge in [0.25, 0.3) is 5.91 Å². The van der Waals surface area contributed by atoms with Crippen LogP contribution in [-0.2, 0) is 12.8 Å². The van der Waals surface area contributed by atoms with Gasteiger partial charge >= 0.3 is 0 Å². The van der Waals surface area contributed by atoms with Crippen LogP contribution in [0.2, 0.25) is 0 Å². The highest BCUT2D eigenvalue weighted by Gasteiger charge is 2.13. The predicted octanol–water partition coefficient (Wildman–Crippen LogP) is 1.69.